The number of aromatic nitrogens is 1. The van der Waals surface area contributed by atoms with Gasteiger partial charge in [0.2, 0.25) is 0 Å². The second-order valence-corrected chi connectivity index (χ2v) is 2.18. The molecule has 0 aliphatic heterocycles. The van der Waals surface area contributed by atoms with Gasteiger partial charge in [-0.05, 0) is 25.1 Å². The Morgan fingerprint density at radius 3 is 3.30 bits per heavy atom. The lowest BCUT2D eigenvalue weighted by atomic mass is 10.2. The maximum Gasteiger partial charge on any atom is 0.141 e. The van der Waals surface area contributed by atoms with Crippen molar-refractivity contribution in [3.63, 3.8) is 0 Å². The van der Waals surface area contributed by atoms with Crippen LogP contribution in [-0.4, -0.2) is 5.16 Å². The summed E-state index contributed by atoms with van der Waals surface area (Å²) in [5.41, 5.74) is 0.899. The third kappa shape index (κ3) is 0.620. The maximum absolute atomic E-state index is 4.94. The molecule has 10 heavy (non-hydrogen) atoms. The Balaban J connectivity index is 2.93. The van der Waals surface area contributed by atoms with Gasteiger partial charge in [0, 0.05) is 5.39 Å². The van der Waals surface area contributed by atoms with Crippen molar-refractivity contribution in [3.8, 4) is 0 Å². The van der Waals surface area contributed by atoms with E-state index in [1.165, 1.54) is 0 Å². The normalized spacial score (nSPS) is 10.5. The highest BCUT2D eigenvalue weighted by atomic mass is 16.5. The van der Waals surface area contributed by atoms with E-state index in [9.17, 15) is 0 Å². The van der Waals surface area contributed by atoms with E-state index < -0.39 is 0 Å². The molecule has 0 amide bonds. The van der Waals surface area contributed by atoms with Crippen LogP contribution in [0.4, 0.5) is 0 Å². The fourth-order valence-corrected chi connectivity index (χ4v) is 0.951. The third-order valence-corrected chi connectivity index (χ3v) is 1.50. The van der Waals surface area contributed by atoms with Crippen molar-refractivity contribution < 1.29 is 4.52 Å². The summed E-state index contributed by atoms with van der Waals surface area (Å²) in [5.74, 6) is 0.854. The Morgan fingerprint density at radius 1 is 1.60 bits per heavy atom. The number of aryl methyl sites for hydroxylation is 1. The number of nitrogens with zero attached hydrogens (tertiary/aromatic N) is 1. The van der Waals surface area contributed by atoms with Crippen LogP contribution in [-0.2, 0) is 0 Å². The Bertz CT molecular complexity index is 351. The van der Waals surface area contributed by atoms with Gasteiger partial charge in [-0.3, -0.25) is 0 Å². The zero-order chi connectivity index (χ0) is 6.97. The zero-order valence-electron chi connectivity index (χ0n) is 5.59. The summed E-state index contributed by atoms with van der Waals surface area (Å²) >= 11 is 0. The molecule has 0 saturated heterocycles. The van der Waals surface area contributed by atoms with Crippen molar-refractivity contribution in [1.29, 1.82) is 0 Å². The molecule has 0 spiro atoms. The first-order valence-corrected chi connectivity index (χ1v) is 3.10. The molecule has 1 heterocycles. The number of rotatable bonds is 0. The van der Waals surface area contributed by atoms with E-state index in [0.717, 1.165) is 16.7 Å². The minimum Gasteiger partial charge on any atom is -0.360 e. The van der Waals surface area contributed by atoms with E-state index in [1.807, 2.05) is 25.1 Å². The van der Waals surface area contributed by atoms with Gasteiger partial charge in [-0.25, -0.2) is 0 Å². The van der Waals surface area contributed by atoms with E-state index >= 15 is 0 Å². The van der Waals surface area contributed by atoms with Crippen LogP contribution in [0.5, 0.6) is 0 Å². The van der Waals surface area contributed by atoms with E-state index in [2.05, 4.69) is 11.2 Å². The SMILES string of the molecule is Cc1onc2cc[c]cc12. The van der Waals surface area contributed by atoms with Crippen LogP contribution in [0.2, 0.25) is 0 Å². The van der Waals surface area contributed by atoms with Gasteiger partial charge in [-0.15, -0.1) is 0 Å². The Hall–Kier alpha value is -1.31. The summed E-state index contributed by atoms with van der Waals surface area (Å²) in [6, 6.07) is 8.54. The first-order chi connectivity index (χ1) is 4.88. The topological polar surface area (TPSA) is 26.0 Å². The highest BCUT2D eigenvalue weighted by Crippen LogP contribution is 2.15. The molecule has 1 aromatic heterocycles. The van der Waals surface area contributed by atoms with Gasteiger partial charge >= 0.3 is 0 Å². The summed E-state index contributed by atoms with van der Waals surface area (Å²) in [7, 11) is 0. The summed E-state index contributed by atoms with van der Waals surface area (Å²) in [6.07, 6.45) is 0. The van der Waals surface area contributed by atoms with Gasteiger partial charge in [0.1, 0.15) is 11.3 Å². The minimum atomic E-state index is 0.854. The van der Waals surface area contributed by atoms with Gasteiger partial charge in [-0.1, -0.05) is 11.2 Å². The second-order valence-electron chi connectivity index (χ2n) is 2.18. The molecule has 1 aromatic carbocycles. The van der Waals surface area contributed by atoms with Crippen LogP contribution in [0.25, 0.3) is 10.9 Å². The van der Waals surface area contributed by atoms with Gasteiger partial charge in [0.05, 0.1) is 0 Å². The predicted molar refractivity (Wildman–Crippen MR) is 37.6 cm³/mol. The van der Waals surface area contributed by atoms with Crippen LogP contribution < -0.4 is 0 Å². The van der Waals surface area contributed by atoms with Crippen molar-refractivity contribution in [2.24, 2.45) is 0 Å². The van der Waals surface area contributed by atoms with Crippen molar-refractivity contribution in [2.45, 2.75) is 6.92 Å². The van der Waals surface area contributed by atoms with E-state index in [0.29, 0.717) is 0 Å². The molecule has 49 valence electrons. The van der Waals surface area contributed by atoms with Crippen LogP contribution in [0.3, 0.4) is 0 Å². The predicted octanol–water partition coefficient (Wildman–Crippen LogP) is 1.94. The van der Waals surface area contributed by atoms with Gasteiger partial charge < -0.3 is 4.52 Å². The van der Waals surface area contributed by atoms with Crippen molar-refractivity contribution in [1.82, 2.24) is 5.16 Å². The first kappa shape index (κ1) is 5.47. The monoisotopic (exact) mass is 132 g/mol. The fraction of sp³-hybridized carbons (Fsp3) is 0.125. The van der Waals surface area contributed by atoms with Gasteiger partial charge in [0.15, 0.2) is 0 Å². The third-order valence-electron chi connectivity index (χ3n) is 1.50. The second kappa shape index (κ2) is 1.84. The highest BCUT2D eigenvalue weighted by Gasteiger charge is 1.99. The lowest BCUT2D eigenvalue weighted by Gasteiger charge is -1.81. The van der Waals surface area contributed by atoms with E-state index in [1.54, 1.807) is 0 Å². The quantitative estimate of drug-likeness (QED) is 0.547. The van der Waals surface area contributed by atoms with Crippen LogP contribution >= 0.6 is 0 Å². The molecule has 0 unspecified atom stereocenters. The van der Waals surface area contributed by atoms with Gasteiger partial charge in [-0.2, -0.15) is 0 Å². The molecular formula is C8H6NO. The number of hydrogen-bond acceptors (Lipinski definition) is 2. The lowest BCUT2D eigenvalue weighted by molar-refractivity contribution is 0.405. The van der Waals surface area contributed by atoms with Gasteiger partial charge in [0.25, 0.3) is 0 Å². The molecule has 0 aliphatic carbocycles. The van der Waals surface area contributed by atoms with Crippen LogP contribution in [0.15, 0.2) is 22.7 Å². The summed E-state index contributed by atoms with van der Waals surface area (Å²) < 4.78 is 4.94. The zero-order valence-corrected chi connectivity index (χ0v) is 5.59. The van der Waals surface area contributed by atoms with E-state index in [-0.39, 0.29) is 0 Å². The highest BCUT2D eigenvalue weighted by molar-refractivity contribution is 5.79. The maximum atomic E-state index is 4.94. The van der Waals surface area contributed by atoms with Crippen molar-refractivity contribution in [3.05, 3.63) is 30.0 Å². The Labute approximate surface area is 58.4 Å². The molecule has 0 bridgehead atoms. The largest absolute Gasteiger partial charge is 0.360 e. The molecule has 0 N–H and O–H groups in total. The average molecular weight is 132 g/mol. The smallest absolute Gasteiger partial charge is 0.141 e. The molecule has 2 nitrogen and oxygen atoms in total. The molecule has 0 saturated carbocycles. The molecule has 2 aromatic rings. The molecule has 0 fully saturated rings. The molecule has 2 rings (SSSR count). The van der Waals surface area contributed by atoms with Crippen molar-refractivity contribution >= 4 is 10.9 Å². The molecule has 1 radical (unpaired) electrons. The van der Waals surface area contributed by atoms with Crippen molar-refractivity contribution in [2.75, 3.05) is 0 Å². The summed E-state index contributed by atoms with van der Waals surface area (Å²) in [5, 5.41) is 4.87. The number of fused-ring (bicyclic) bond motifs is 1. The van der Waals surface area contributed by atoms with Crippen LogP contribution in [0, 0.1) is 13.0 Å². The Kier molecular flexibility index (Phi) is 1.01. The minimum absolute atomic E-state index is 0.854. The number of benzene rings is 1. The Morgan fingerprint density at radius 2 is 2.50 bits per heavy atom. The molecule has 0 atom stereocenters. The standard InChI is InChI=1S/C8H6NO/c1-6-7-4-2-3-5-8(7)9-10-6/h3-5H,1H3. The molecule has 0 aliphatic rings. The fourth-order valence-electron chi connectivity index (χ4n) is 0.951. The average Bonchev–Trinajstić information content (AvgIpc) is 2.34. The summed E-state index contributed by atoms with van der Waals surface area (Å²) in [6.45, 7) is 1.89. The van der Waals surface area contributed by atoms with Crippen LogP contribution in [0.1, 0.15) is 5.76 Å². The molecular weight excluding hydrogens is 126 g/mol. The number of hydrogen-bond donors (Lipinski definition) is 0. The molecule has 2 heteroatoms. The summed E-state index contributed by atoms with van der Waals surface area (Å²) in [4.78, 5) is 0. The van der Waals surface area contributed by atoms with E-state index in [4.69, 9.17) is 4.52 Å². The first-order valence-electron chi connectivity index (χ1n) is 3.10. The lowest BCUT2D eigenvalue weighted by Crippen LogP contribution is -1.65.